The second-order valence-corrected chi connectivity index (χ2v) is 6.49. The number of piperidine rings is 1. The summed E-state index contributed by atoms with van der Waals surface area (Å²) in [5.74, 6) is -0.271. The fourth-order valence-electron chi connectivity index (χ4n) is 3.23. The second-order valence-electron chi connectivity index (χ2n) is 6.49. The molecule has 0 saturated carbocycles. The molecular weight excluding hydrogens is 378 g/mol. The van der Waals surface area contributed by atoms with E-state index in [9.17, 15) is 19.7 Å². The topological polar surface area (TPSA) is 111 Å². The van der Waals surface area contributed by atoms with Gasteiger partial charge in [-0.15, -0.1) is 0 Å². The molecule has 152 valence electrons. The molecule has 9 heteroatoms. The van der Waals surface area contributed by atoms with E-state index in [4.69, 9.17) is 9.47 Å². The van der Waals surface area contributed by atoms with Crippen molar-refractivity contribution in [2.75, 3.05) is 31.0 Å². The lowest BCUT2D eigenvalue weighted by Crippen LogP contribution is -2.35. The molecule has 2 amide bonds. The Balaban J connectivity index is 1.89. The fourth-order valence-corrected chi connectivity index (χ4v) is 3.23. The van der Waals surface area contributed by atoms with E-state index >= 15 is 0 Å². The molecule has 9 nitrogen and oxygen atoms in total. The lowest BCUT2D eigenvalue weighted by atomic mass is 10.1. The highest BCUT2D eigenvalue weighted by molar-refractivity contribution is 6.08. The van der Waals surface area contributed by atoms with Gasteiger partial charge in [0.05, 0.1) is 25.2 Å². The third kappa shape index (κ3) is 4.29. The molecule has 2 aromatic rings. The van der Waals surface area contributed by atoms with E-state index < -0.39 is 16.5 Å². The monoisotopic (exact) mass is 399 g/mol. The van der Waals surface area contributed by atoms with Gasteiger partial charge in [0, 0.05) is 30.4 Å². The Bertz CT molecular complexity index is 959. The maximum atomic E-state index is 12.8. The largest absolute Gasteiger partial charge is 0.493 e. The van der Waals surface area contributed by atoms with Gasteiger partial charge in [-0.25, -0.2) is 0 Å². The molecule has 1 aliphatic heterocycles. The summed E-state index contributed by atoms with van der Waals surface area (Å²) >= 11 is 0. The van der Waals surface area contributed by atoms with Crippen LogP contribution >= 0.6 is 0 Å². The Morgan fingerprint density at radius 2 is 1.86 bits per heavy atom. The molecule has 2 aromatic carbocycles. The van der Waals surface area contributed by atoms with Crippen LogP contribution in [0.5, 0.6) is 11.5 Å². The Morgan fingerprint density at radius 1 is 1.14 bits per heavy atom. The first-order chi connectivity index (χ1) is 13.9. The van der Waals surface area contributed by atoms with Crippen molar-refractivity contribution in [3.8, 4) is 11.5 Å². The summed E-state index contributed by atoms with van der Waals surface area (Å²) in [6.07, 6.45) is 2.28. The number of methoxy groups -OCH3 is 2. The van der Waals surface area contributed by atoms with Gasteiger partial charge in [0.25, 0.3) is 11.6 Å². The Morgan fingerprint density at radius 3 is 2.52 bits per heavy atom. The molecule has 0 aromatic heterocycles. The Hall–Kier alpha value is -3.62. The van der Waals surface area contributed by atoms with Crippen molar-refractivity contribution >= 4 is 28.9 Å². The number of hydrogen-bond donors (Lipinski definition) is 1. The molecule has 0 unspecified atom stereocenters. The van der Waals surface area contributed by atoms with Gasteiger partial charge in [-0.05, 0) is 31.0 Å². The average Bonchev–Trinajstić information content (AvgIpc) is 2.73. The number of nitrogens with one attached hydrogen (secondary N) is 1. The van der Waals surface area contributed by atoms with Crippen molar-refractivity contribution in [3.63, 3.8) is 0 Å². The number of anilines is 2. The van der Waals surface area contributed by atoms with Gasteiger partial charge < -0.3 is 19.7 Å². The molecule has 0 aliphatic carbocycles. The van der Waals surface area contributed by atoms with E-state index in [0.29, 0.717) is 24.3 Å². The molecule has 0 radical (unpaired) electrons. The first-order valence-corrected chi connectivity index (χ1v) is 9.06. The van der Waals surface area contributed by atoms with E-state index in [1.807, 2.05) is 0 Å². The van der Waals surface area contributed by atoms with Crippen LogP contribution in [0.2, 0.25) is 0 Å². The van der Waals surface area contributed by atoms with E-state index in [1.54, 1.807) is 29.2 Å². The van der Waals surface area contributed by atoms with Gasteiger partial charge in [-0.3, -0.25) is 19.7 Å². The van der Waals surface area contributed by atoms with Gasteiger partial charge in [0.1, 0.15) is 5.56 Å². The molecule has 0 spiro atoms. The number of nitro groups is 1. The van der Waals surface area contributed by atoms with Crippen molar-refractivity contribution in [2.45, 2.75) is 19.3 Å². The summed E-state index contributed by atoms with van der Waals surface area (Å²) in [5.41, 5.74) is 0.541. The number of hydrogen-bond acceptors (Lipinski definition) is 6. The zero-order valence-corrected chi connectivity index (χ0v) is 16.1. The SMILES string of the molecule is COc1cc(C(=O)Nc2cccc(N3CCCCC3=O)c2)c([N+](=O)[O-])cc1OC. The van der Waals surface area contributed by atoms with Gasteiger partial charge in [0.2, 0.25) is 5.91 Å². The number of nitro benzene ring substituents is 1. The van der Waals surface area contributed by atoms with Gasteiger partial charge in [0.15, 0.2) is 11.5 Å². The molecule has 1 N–H and O–H groups in total. The Kier molecular flexibility index (Phi) is 5.96. The number of rotatable bonds is 6. The maximum Gasteiger partial charge on any atom is 0.286 e. The molecule has 1 saturated heterocycles. The van der Waals surface area contributed by atoms with E-state index in [2.05, 4.69) is 5.32 Å². The summed E-state index contributed by atoms with van der Waals surface area (Å²) in [6, 6.07) is 9.25. The lowest BCUT2D eigenvalue weighted by molar-refractivity contribution is -0.385. The zero-order chi connectivity index (χ0) is 21.0. The van der Waals surface area contributed by atoms with Crippen LogP contribution in [0.1, 0.15) is 29.6 Å². The van der Waals surface area contributed by atoms with Crippen LogP contribution in [-0.4, -0.2) is 37.5 Å². The molecule has 0 atom stereocenters. The third-order valence-corrected chi connectivity index (χ3v) is 4.68. The number of nitrogens with zero attached hydrogens (tertiary/aromatic N) is 2. The first kappa shape index (κ1) is 20.1. The molecule has 1 aliphatic rings. The zero-order valence-electron chi connectivity index (χ0n) is 16.1. The first-order valence-electron chi connectivity index (χ1n) is 9.06. The van der Waals surface area contributed by atoms with Crippen molar-refractivity contribution in [1.82, 2.24) is 0 Å². The summed E-state index contributed by atoms with van der Waals surface area (Å²) in [4.78, 5) is 37.4. The normalized spacial score (nSPS) is 13.7. The van der Waals surface area contributed by atoms with Crippen LogP contribution in [0.25, 0.3) is 0 Å². The minimum Gasteiger partial charge on any atom is -0.493 e. The molecule has 29 heavy (non-hydrogen) atoms. The van der Waals surface area contributed by atoms with Gasteiger partial charge in [-0.2, -0.15) is 0 Å². The number of ether oxygens (including phenoxy) is 2. The standard InChI is InChI=1S/C20H21N3O6/c1-28-17-11-15(16(23(26)27)12-18(17)29-2)20(25)21-13-6-5-7-14(10-13)22-9-4-3-8-19(22)24/h5-7,10-12H,3-4,8-9H2,1-2H3,(H,21,25). The minimum atomic E-state index is -0.667. The fraction of sp³-hybridized carbons (Fsp3) is 0.300. The molecule has 3 rings (SSSR count). The second kappa shape index (κ2) is 8.59. The van der Waals surface area contributed by atoms with Gasteiger partial charge >= 0.3 is 0 Å². The predicted molar refractivity (Wildman–Crippen MR) is 107 cm³/mol. The highest BCUT2D eigenvalue weighted by Gasteiger charge is 2.25. The smallest absolute Gasteiger partial charge is 0.286 e. The molecule has 1 heterocycles. The molecular formula is C20H21N3O6. The third-order valence-electron chi connectivity index (χ3n) is 4.68. The quantitative estimate of drug-likeness (QED) is 0.589. The van der Waals surface area contributed by atoms with Crippen molar-refractivity contribution in [3.05, 3.63) is 52.1 Å². The van der Waals surface area contributed by atoms with E-state index in [0.717, 1.165) is 18.9 Å². The van der Waals surface area contributed by atoms with E-state index in [1.165, 1.54) is 20.3 Å². The van der Waals surface area contributed by atoms with Crippen LogP contribution in [0.4, 0.5) is 17.1 Å². The summed E-state index contributed by atoms with van der Waals surface area (Å²) < 4.78 is 10.2. The highest BCUT2D eigenvalue weighted by Crippen LogP contribution is 2.35. The highest BCUT2D eigenvalue weighted by atomic mass is 16.6. The van der Waals surface area contributed by atoms with Crippen LogP contribution in [0.15, 0.2) is 36.4 Å². The number of carbonyl (C=O) groups excluding carboxylic acids is 2. The minimum absolute atomic E-state index is 0.0373. The summed E-state index contributed by atoms with van der Waals surface area (Å²) in [7, 11) is 2.74. The van der Waals surface area contributed by atoms with Crippen LogP contribution in [-0.2, 0) is 4.79 Å². The summed E-state index contributed by atoms with van der Waals surface area (Å²) in [6.45, 7) is 0.622. The number of amides is 2. The maximum absolute atomic E-state index is 12.8. The van der Waals surface area contributed by atoms with E-state index in [-0.39, 0.29) is 23.0 Å². The van der Waals surface area contributed by atoms with Gasteiger partial charge in [-0.1, -0.05) is 6.07 Å². The number of carbonyl (C=O) groups is 2. The molecule has 1 fully saturated rings. The Labute approximate surface area is 167 Å². The average molecular weight is 399 g/mol. The van der Waals surface area contributed by atoms with Crippen molar-refractivity contribution < 1.29 is 24.0 Å². The number of benzene rings is 2. The molecule has 0 bridgehead atoms. The van der Waals surface area contributed by atoms with Crippen LogP contribution in [0.3, 0.4) is 0 Å². The summed E-state index contributed by atoms with van der Waals surface area (Å²) in [5, 5.41) is 14.1. The van der Waals surface area contributed by atoms with Crippen molar-refractivity contribution in [2.24, 2.45) is 0 Å². The van der Waals surface area contributed by atoms with Crippen molar-refractivity contribution in [1.29, 1.82) is 0 Å². The lowest BCUT2D eigenvalue weighted by Gasteiger charge is -2.27. The predicted octanol–water partition coefficient (Wildman–Crippen LogP) is 3.38. The van der Waals surface area contributed by atoms with Crippen LogP contribution in [0, 0.1) is 10.1 Å². The van der Waals surface area contributed by atoms with Crippen LogP contribution < -0.4 is 19.7 Å².